The van der Waals surface area contributed by atoms with E-state index in [0.717, 1.165) is 18.6 Å². The Morgan fingerprint density at radius 2 is 2.20 bits per heavy atom. The Morgan fingerprint density at radius 1 is 1.55 bits per heavy atom. The van der Waals surface area contributed by atoms with Gasteiger partial charge in [-0.05, 0) is 25.0 Å². The standard InChI is InChI=1S/C13H17FN2O4/c1-3-9(2)15(8-13(17)18)7-10-4-5-12(16(19)20)11(14)6-10/h4-6,9H,3,7-8H2,1-2H3,(H,17,18). The lowest BCUT2D eigenvalue weighted by molar-refractivity contribution is -0.387. The van der Waals surface area contributed by atoms with Gasteiger partial charge in [0.25, 0.3) is 0 Å². The Labute approximate surface area is 116 Å². The average Bonchev–Trinajstić information content (AvgIpc) is 2.36. The predicted molar refractivity (Wildman–Crippen MR) is 70.9 cm³/mol. The first-order chi connectivity index (χ1) is 9.35. The van der Waals surface area contributed by atoms with Crippen molar-refractivity contribution in [3.05, 3.63) is 39.7 Å². The molecule has 0 aliphatic rings. The first-order valence-electron chi connectivity index (χ1n) is 6.23. The third-order valence-corrected chi connectivity index (χ3v) is 3.15. The molecule has 1 aromatic rings. The molecule has 20 heavy (non-hydrogen) atoms. The SMILES string of the molecule is CCC(C)N(CC(=O)O)Cc1ccc([N+](=O)[O-])c(F)c1. The molecule has 0 saturated carbocycles. The Hall–Kier alpha value is -2.02. The van der Waals surface area contributed by atoms with Gasteiger partial charge >= 0.3 is 11.7 Å². The second kappa shape index (κ2) is 6.95. The smallest absolute Gasteiger partial charge is 0.317 e. The third kappa shape index (κ3) is 4.27. The molecular weight excluding hydrogens is 267 g/mol. The number of nitro groups is 1. The maximum atomic E-state index is 13.5. The van der Waals surface area contributed by atoms with E-state index in [0.29, 0.717) is 5.56 Å². The quantitative estimate of drug-likeness (QED) is 0.614. The van der Waals surface area contributed by atoms with Crippen LogP contribution in [-0.2, 0) is 11.3 Å². The molecule has 0 heterocycles. The highest BCUT2D eigenvalue weighted by molar-refractivity contribution is 5.69. The molecule has 0 spiro atoms. The summed E-state index contributed by atoms with van der Waals surface area (Å²) in [5.74, 6) is -1.88. The fraction of sp³-hybridized carbons (Fsp3) is 0.462. The van der Waals surface area contributed by atoms with Crippen molar-refractivity contribution in [2.45, 2.75) is 32.9 Å². The van der Waals surface area contributed by atoms with Crippen molar-refractivity contribution in [2.24, 2.45) is 0 Å². The van der Waals surface area contributed by atoms with E-state index >= 15 is 0 Å². The Morgan fingerprint density at radius 3 is 2.65 bits per heavy atom. The van der Waals surface area contributed by atoms with Crippen molar-refractivity contribution in [3.63, 3.8) is 0 Å². The summed E-state index contributed by atoms with van der Waals surface area (Å²) in [7, 11) is 0. The van der Waals surface area contributed by atoms with Crippen molar-refractivity contribution in [1.82, 2.24) is 4.90 Å². The molecule has 110 valence electrons. The van der Waals surface area contributed by atoms with Crippen molar-refractivity contribution >= 4 is 11.7 Å². The van der Waals surface area contributed by atoms with Crippen LogP contribution in [0.3, 0.4) is 0 Å². The Kier molecular flexibility index (Phi) is 5.57. The summed E-state index contributed by atoms with van der Waals surface area (Å²) in [5, 5.41) is 19.4. The van der Waals surface area contributed by atoms with Gasteiger partial charge in [-0.1, -0.05) is 13.0 Å². The first kappa shape index (κ1) is 16.0. The second-order valence-electron chi connectivity index (χ2n) is 4.60. The van der Waals surface area contributed by atoms with Crippen LogP contribution in [0.15, 0.2) is 18.2 Å². The van der Waals surface area contributed by atoms with Crippen LogP contribution in [-0.4, -0.2) is 33.5 Å². The fourth-order valence-electron chi connectivity index (χ4n) is 1.83. The summed E-state index contributed by atoms with van der Waals surface area (Å²) in [5.41, 5.74) is -0.0725. The summed E-state index contributed by atoms with van der Waals surface area (Å²) in [6.07, 6.45) is 0.753. The van der Waals surface area contributed by atoms with Crippen molar-refractivity contribution in [3.8, 4) is 0 Å². The van der Waals surface area contributed by atoms with E-state index in [9.17, 15) is 19.3 Å². The second-order valence-corrected chi connectivity index (χ2v) is 4.60. The van der Waals surface area contributed by atoms with Crippen LogP contribution in [0.2, 0.25) is 0 Å². The summed E-state index contributed by atoms with van der Waals surface area (Å²) < 4.78 is 13.5. The van der Waals surface area contributed by atoms with Gasteiger partial charge in [-0.15, -0.1) is 0 Å². The number of rotatable bonds is 7. The molecule has 0 aromatic heterocycles. The first-order valence-corrected chi connectivity index (χ1v) is 6.23. The topological polar surface area (TPSA) is 83.7 Å². The number of halogens is 1. The molecule has 1 rings (SSSR count). The summed E-state index contributed by atoms with van der Waals surface area (Å²) in [4.78, 5) is 22.3. The molecule has 1 unspecified atom stereocenters. The van der Waals surface area contributed by atoms with E-state index in [1.54, 1.807) is 4.90 Å². The largest absolute Gasteiger partial charge is 0.480 e. The molecule has 1 atom stereocenters. The van der Waals surface area contributed by atoms with Gasteiger partial charge in [0.1, 0.15) is 0 Å². The van der Waals surface area contributed by atoms with E-state index in [2.05, 4.69) is 0 Å². The lowest BCUT2D eigenvalue weighted by Gasteiger charge is -2.26. The van der Waals surface area contributed by atoms with E-state index < -0.39 is 22.4 Å². The van der Waals surface area contributed by atoms with Gasteiger partial charge in [-0.2, -0.15) is 4.39 Å². The molecule has 1 aromatic carbocycles. The minimum absolute atomic E-state index is 0.0179. The number of nitro benzene ring substituents is 1. The molecule has 0 bridgehead atoms. The number of hydrogen-bond donors (Lipinski definition) is 1. The number of carboxylic acid groups (broad SMARTS) is 1. The van der Waals surface area contributed by atoms with Crippen LogP contribution in [0.25, 0.3) is 0 Å². The van der Waals surface area contributed by atoms with E-state index in [-0.39, 0.29) is 19.1 Å². The molecule has 0 fully saturated rings. The zero-order chi connectivity index (χ0) is 15.3. The Balaban J connectivity index is 2.91. The van der Waals surface area contributed by atoms with E-state index in [1.807, 2.05) is 13.8 Å². The highest BCUT2D eigenvalue weighted by Crippen LogP contribution is 2.19. The highest BCUT2D eigenvalue weighted by Gasteiger charge is 2.18. The summed E-state index contributed by atoms with van der Waals surface area (Å²) in [6, 6.07) is 3.64. The highest BCUT2D eigenvalue weighted by atomic mass is 19.1. The molecule has 0 aliphatic carbocycles. The minimum atomic E-state index is -0.965. The average molecular weight is 284 g/mol. The maximum Gasteiger partial charge on any atom is 0.317 e. The van der Waals surface area contributed by atoms with Gasteiger partial charge in [-0.3, -0.25) is 19.8 Å². The van der Waals surface area contributed by atoms with Gasteiger partial charge in [0.05, 0.1) is 11.5 Å². The number of carbonyl (C=O) groups is 1. The number of benzene rings is 1. The number of hydrogen-bond acceptors (Lipinski definition) is 4. The molecule has 0 radical (unpaired) electrons. The summed E-state index contributed by atoms with van der Waals surface area (Å²) in [6.45, 7) is 3.88. The number of carboxylic acids is 1. The lowest BCUT2D eigenvalue weighted by Crippen LogP contribution is -2.36. The van der Waals surface area contributed by atoms with Gasteiger partial charge in [0.2, 0.25) is 5.82 Å². The van der Waals surface area contributed by atoms with Gasteiger partial charge in [-0.25, -0.2) is 0 Å². The summed E-state index contributed by atoms with van der Waals surface area (Å²) >= 11 is 0. The molecule has 0 saturated heterocycles. The van der Waals surface area contributed by atoms with Crippen LogP contribution in [0.1, 0.15) is 25.8 Å². The lowest BCUT2D eigenvalue weighted by atomic mass is 10.1. The van der Waals surface area contributed by atoms with Crippen LogP contribution in [0.5, 0.6) is 0 Å². The molecule has 7 heteroatoms. The fourth-order valence-corrected chi connectivity index (χ4v) is 1.83. The molecule has 6 nitrogen and oxygen atoms in total. The monoisotopic (exact) mass is 284 g/mol. The predicted octanol–water partition coefficient (Wildman–Crippen LogP) is 2.42. The molecule has 1 N–H and O–H groups in total. The molecule has 0 aliphatic heterocycles. The van der Waals surface area contributed by atoms with Crippen LogP contribution < -0.4 is 0 Å². The number of nitrogens with zero attached hydrogens (tertiary/aromatic N) is 2. The zero-order valence-electron chi connectivity index (χ0n) is 11.4. The Bertz CT molecular complexity index is 507. The molecular formula is C13H17FN2O4. The zero-order valence-corrected chi connectivity index (χ0v) is 11.4. The third-order valence-electron chi connectivity index (χ3n) is 3.15. The van der Waals surface area contributed by atoms with E-state index in [1.165, 1.54) is 6.07 Å². The van der Waals surface area contributed by atoms with Crippen LogP contribution in [0, 0.1) is 15.9 Å². The van der Waals surface area contributed by atoms with Crippen LogP contribution in [0.4, 0.5) is 10.1 Å². The molecule has 0 amide bonds. The van der Waals surface area contributed by atoms with Gasteiger partial charge < -0.3 is 5.11 Å². The van der Waals surface area contributed by atoms with Gasteiger partial charge in [0.15, 0.2) is 0 Å². The van der Waals surface area contributed by atoms with Crippen molar-refractivity contribution in [2.75, 3.05) is 6.54 Å². The van der Waals surface area contributed by atoms with Crippen molar-refractivity contribution < 1.29 is 19.2 Å². The van der Waals surface area contributed by atoms with Crippen LogP contribution >= 0.6 is 0 Å². The van der Waals surface area contributed by atoms with Crippen molar-refractivity contribution in [1.29, 1.82) is 0 Å². The number of aliphatic carboxylic acids is 1. The maximum absolute atomic E-state index is 13.5. The van der Waals surface area contributed by atoms with Gasteiger partial charge in [0, 0.05) is 18.7 Å². The minimum Gasteiger partial charge on any atom is -0.480 e. The normalized spacial score (nSPS) is 12.4. The van der Waals surface area contributed by atoms with E-state index in [4.69, 9.17) is 5.11 Å².